The maximum Gasteiger partial charge on any atom is 0.336 e. The fourth-order valence-electron chi connectivity index (χ4n) is 2.73. The predicted molar refractivity (Wildman–Crippen MR) is 105 cm³/mol. The highest BCUT2D eigenvalue weighted by atomic mass is 16.4. The summed E-state index contributed by atoms with van der Waals surface area (Å²) in [6, 6.07) is 7.92. The fraction of sp³-hybridized carbons (Fsp3) is 0.200. The molecule has 0 aromatic heterocycles. The Labute approximate surface area is 170 Å². The van der Waals surface area contributed by atoms with Crippen molar-refractivity contribution in [3.63, 3.8) is 0 Å². The van der Waals surface area contributed by atoms with Gasteiger partial charge in [0.25, 0.3) is 11.8 Å². The Morgan fingerprint density at radius 2 is 1.00 bits per heavy atom. The van der Waals surface area contributed by atoms with Crippen LogP contribution in [0.4, 0.5) is 0 Å². The molecular weight excluding hydrogens is 396 g/mol. The second kappa shape index (κ2) is 10.1. The van der Waals surface area contributed by atoms with Crippen molar-refractivity contribution in [1.29, 1.82) is 0 Å². The molecule has 0 heterocycles. The molecule has 0 saturated heterocycles. The van der Waals surface area contributed by atoms with E-state index in [1.54, 1.807) is 0 Å². The predicted octanol–water partition coefficient (Wildman–Crippen LogP) is 0.194. The minimum atomic E-state index is -1.32. The molecule has 10 heteroatoms. The van der Waals surface area contributed by atoms with Gasteiger partial charge in [-0.05, 0) is 35.4 Å². The van der Waals surface area contributed by atoms with E-state index in [0.717, 1.165) is 0 Å². The molecule has 2 aromatic carbocycles. The van der Waals surface area contributed by atoms with Crippen molar-refractivity contribution in [2.45, 2.75) is 0 Å². The van der Waals surface area contributed by atoms with E-state index in [4.69, 9.17) is 10.2 Å². The number of aliphatic hydroxyl groups excluding tert-OH is 2. The SMILES string of the molecule is O=C(O)c1ccc(-c2ccc(C(=O)O)c(C(=O)NCCO)c2)cc1C(=O)NCCO. The number of carboxylic acid groups (broad SMARTS) is 2. The highest BCUT2D eigenvalue weighted by Crippen LogP contribution is 2.26. The number of carbonyl (C=O) groups excluding carboxylic acids is 2. The molecule has 2 aromatic rings. The van der Waals surface area contributed by atoms with E-state index < -0.39 is 23.8 Å². The molecule has 30 heavy (non-hydrogen) atoms. The summed E-state index contributed by atoms with van der Waals surface area (Å²) < 4.78 is 0. The fourth-order valence-corrected chi connectivity index (χ4v) is 2.73. The van der Waals surface area contributed by atoms with Gasteiger partial charge in [-0.2, -0.15) is 0 Å². The Morgan fingerprint density at radius 1 is 0.633 bits per heavy atom. The lowest BCUT2D eigenvalue weighted by molar-refractivity contribution is 0.0682. The topological polar surface area (TPSA) is 173 Å². The van der Waals surface area contributed by atoms with Gasteiger partial charge in [-0.25, -0.2) is 9.59 Å². The van der Waals surface area contributed by atoms with Gasteiger partial charge in [-0.1, -0.05) is 12.1 Å². The number of aliphatic hydroxyl groups is 2. The van der Waals surface area contributed by atoms with Gasteiger partial charge in [-0.3, -0.25) is 9.59 Å². The first-order valence-electron chi connectivity index (χ1n) is 8.83. The van der Waals surface area contributed by atoms with Crippen LogP contribution in [0.25, 0.3) is 11.1 Å². The first kappa shape index (κ1) is 22.5. The highest BCUT2D eigenvalue weighted by Gasteiger charge is 2.20. The number of carboxylic acids is 2. The average molecular weight is 416 g/mol. The van der Waals surface area contributed by atoms with Gasteiger partial charge in [0.15, 0.2) is 0 Å². The zero-order valence-corrected chi connectivity index (χ0v) is 15.7. The van der Waals surface area contributed by atoms with E-state index in [1.165, 1.54) is 36.4 Å². The van der Waals surface area contributed by atoms with Crippen molar-refractivity contribution in [2.75, 3.05) is 26.3 Å². The van der Waals surface area contributed by atoms with Crippen molar-refractivity contribution in [1.82, 2.24) is 10.6 Å². The summed E-state index contributed by atoms with van der Waals surface area (Å²) in [4.78, 5) is 47.5. The number of rotatable bonds is 9. The zero-order chi connectivity index (χ0) is 22.3. The van der Waals surface area contributed by atoms with Gasteiger partial charge in [0.1, 0.15) is 0 Å². The number of hydrogen-bond donors (Lipinski definition) is 6. The Morgan fingerprint density at radius 3 is 1.30 bits per heavy atom. The third-order valence-corrected chi connectivity index (χ3v) is 4.12. The van der Waals surface area contributed by atoms with Gasteiger partial charge >= 0.3 is 11.9 Å². The summed E-state index contributed by atoms with van der Waals surface area (Å²) in [5, 5.41) is 41.1. The Hall–Kier alpha value is -3.76. The second-order valence-corrected chi connectivity index (χ2v) is 6.09. The molecule has 0 atom stereocenters. The van der Waals surface area contributed by atoms with Crippen LogP contribution in [-0.2, 0) is 0 Å². The summed E-state index contributed by atoms with van der Waals surface area (Å²) in [5.41, 5.74) is -0.0526. The van der Waals surface area contributed by atoms with Gasteiger partial charge in [0.05, 0.1) is 35.5 Å². The van der Waals surface area contributed by atoms with E-state index in [1.807, 2.05) is 0 Å². The number of nitrogens with one attached hydrogen (secondary N) is 2. The van der Waals surface area contributed by atoms with Gasteiger partial charge in [0, 0.05) is 13.1 Å². The first-order valence-corrected chi connectivity index (χ1v) is 8.83. The van der Waals surface area contributed by atoms with Crippen molar-refractivity contribution >= 4 is 23.8 Å². The largest absolute Gasteiger partial charge is 0.478 e. The number of benzene rings is 2. The minimum absolute atomic E-state index is 0.0649. The van der Waals surface area contributed by atoms with E-state index in [2.05, 4.69) is 10.6 Å². The first-order chi connectivity index (χ1) is 14.3. The summed E-state index contributed by atoms with van der Waals surface area (Å²) in [7, 11) is 0. The molecule has 0 aliphatic heterocycles. The third-order valence-electron chi connectivity index (χ3n) is 4.12. The van der Waals surface area contributed by atoms with Crippen molar-refractivity contribution in [3.05, 3.63) is 58.7 Å². The molecule has 2 amide bonds. The lowest BCUT2D eigenvalue weighted by Crippen LogP contribution is -2.28. The lowest BCUT2D eigenvalue weighted by atomic mass is 9.95. The van der Waals surface area contributed by atoms with Gasteiger partial charge < -0.3 is 31.1 Å². The van der Waals surface area contributed by atoms with E-state index in [9.17, 15) is 29.4 Å². The van der Waals surface area contributed by atoms with Crippen LogP contribution >= 0.6 is 0 Å². The molecule has 0 unspecified atom stereocenters. The zero-order valence-electron chi connectivity index (χ0n) is 15.7. The number of carbonyl (C=O) groups is 4. The van der Waals surface area contributed by atoms with Crippen LogP contribution < -0.4 is 10.6 Å². The average Bonchev–Trinajstić information content (AvgIpc) is 2.74. The molecule has 0 aliphatic carbocycles. The van der Waals surface area contributed by atoms with Gasteiger partial charge in [0.2, 0.25) is 0 Å². The third kappa shape index (κ3) is 5.19. The quantitative estimate of drug-likeness (QED) is 0.336. The van der Waals surface area contributed by atoms with Crippen molar-refractivity contribution in [2.24, 2.45) is 0 Å². The van der Waals surface area contributed by atoms with E-state index in [-0.39, 0.29) is 48.6 Å². The van der Waals surface area contributed by atoms with Crippen LogP contribution in [0.5, 0.6) is 0 Å². The van der Waals surface area contributed by atoms with Crippen molar-refractivity contribution < 1.29 is 39.6 Å². The van der Waals surface area contributed by atoms with Gasteiger partial charge in [-0.15, -0.1) is 0 Å². The monoisotopic (exact) mass is 416 g/mol. The molecule has 10 nitrogen and oxygen atoms in total. The molecule has 0 fully saturated rings. The summed E-state index contributed by atoms with van der Waals surface area (Å²) in [6.45, 7) is -0.775. The standard InChI is InChI=1S/C20H20N2O8/c23-7-5-21-17(25)15-9-11(1-3-13(15)19(27)28)12-2-4-14(20(29)30)16(10-12)18(26)22-6-8-24/h1-4,9-10,23-24H,5-8H2,(H,21,25)(H,22,26)(H,27,28)(H,29,30). The van der Waals surface area contributed by atoms with Crippen LogP contribution in [0.1, 0.15) is 41.4 Å². The molecule has 0 aliphatic rings. The maximum absolute atomic E-state index is 12.3. The van der Waals surface area contributed by atoms with Crippen LogP contribution in [0.15, 0.2) is 36.4 Å². The second-order valence-electron chi connectivity index (χ2n) is 6.09. The Bertz CT molecular complexity index is 907. The normalized spacial score (nSPS) is 10.3. The van der Waals surface area contributed by atoms with Crippen LogP contribution in [0.2, 0.25) is 0 Å². The van der Waals surface area contributed by atoms with E-state index in [0.29, 0.717) is 11.1 Å². The summed E-state index contributed by atoms with van der Waals surface area (Å²) in [5.74, 6) is -4.04. The molecule has 0 bridgehead atoms. The summed E-state index contributed by atoms with van der Waals surface area (Å²) >= 11 is 0. The Balaban J connectivity index is 2.54. The molecule has 158 valence electrons. The number of amides is 2. The summed E-state index contributed by atoms with van der Waals surface area (Å²) in [6.07, 6.45) is 0. The van der Waals surface area contributed by atoms with Crippen LogP contribution in [0, 0.1) is 0 Å². The highest BCUT2D eigenvalue weighted by molar-refractivity contribution is 6.07. The molecule has 2 rings (SSSR count). The molecule has 6 N–H and O–H groups in total. The minimum Gasteiger partial charge on any atom is -0.478 e. The number of aromatic carboxylic acids is 2. The Kier molecular flexibility index (Phi) is 7.62. The van der Waals surface area contributed by atoms with E-state index >= 15 is 0 Å². The number of hydrogen-bond acceptors (Lipinski definition) is 6. The maximum atomic E-state index is 12.3. The molecule has 0 spiro atoms. The molecule has 0 saturated carbocycles. The van der Waals surface area contributed by atoms with Crippen LogP contribution in [-0.4, -0.2) is 70.5 Å². The smallest absolute Gasteiger partial charge is 0.336 e. The molecule has 0 radical (unpaired) electrons. The van der Waals surface area contributed by atoms with Crippen molar-refractivity contribution in [3.8, 4) is 11.1 Å². The van der Waals surface area contributed by atoms with Crippen LogP contribution in [0.3, 0.4) is 0 Å². The lowest BCUT2D eigenvalue weighted by Gasteiger charge is -2.12. The molecular formula is C20H20N2O8.